The van der Waals surface area contributed by atoms with E-state index in [0.29, 0.717) is 22.6 Å². The molecular weight excluding hydrogens is 339 g/mol. The van der Waals surface area contributed by atoms with E-state index < -0.39 is 0 Å². The highest BCUT2D eigenvalue weighted by molar-refractivity contribution is 7.13. The summed E-state index contributed by atoms with van der Waals surface area (Å²) in [5, 5.41) is 4.75. The van der Waals surface area contributed by atoms with Crippen LogP contribution in [-0.2, 0) is 6.54 Å². The van der Waals surface area contributed by atoms with Crippen molar-refractivity contribution in [2.45, 2.75) is 6.54 Å². The fourth-order valence-electron chi connectivity index (χ4n) is 2.49. The summed E-state index contributed by atoms with van der Waals surface area (Å²) in [5.74, 6) is -0.0599. The Morgan fingerprint density at radius 2 is 2.16 bits per heavy atom. The van der Waals surface area contributed by atoms with E-state index in [1.54, 1.807) is 29.7 Å². The molecule has 124 valence electrons. The molecule has 0 aliphatic carbocycles. The molecule has 7 heteroatoms. The number of amides is 1. The van der Waals surface area contributed by atoms with E-state index in [4.69, 9.17) is 0 Å². The predicted molar refractivity (Wildman–Crippen MR) is 94.8 cm³/mol. The van der Waals surface area contributed by atoms with Crippen molar-refractivity contribution in [1.82, 2.24) is 20.3 Å². The second-order valence-electron chi connectivity index (χ2n) is 5.44. The third-order valence-electron chi connectivity index (χ3n) is 3.71. The Bertz CT molecular complexity index is 1030. The predicted octanol–water partition coefficient (Wildman–Crippen LogP) is 3.76. The van der Waals surface area contributed by atoms with E-state index in [-0.39, 0.29) is 18.3 Å². The number of carbonyl (C=O) groups is 1. The summed E-state index contributed by atoms with van der Waals surface area (Å²) in [6.45, 7) is 0.212. The number of imidazole rings is 1. The second kappa shape index (κ2) is 6.45. The van der Waals surface area contributed by atoms with Crippen LogP contribution >= 0.6 is 11.3 Å². The van der Waals surface area contributed by atoms with Gasteiger partial charge in [0.2, 0.25) is 0 Å². The van der Waals surface area contributed by atoms with E-state index in [9.17, 15) is 9.18 Å². The molecule has 0 atom stereocenters. The number of hydrogen-bond acceptors (Lipinski definition) is 4. The number of carbonyl (C=O) groups excluding carboxylic acids is 1. The molecular formula is C18H13FN4OS. The highest BCUT2D eigenvalue weighted by Gasteiger charge is 2.10. The Morgan fingerprint density at radius 3 is 2.92 bits per heavy atom. The number of aromatic amines is 1. The molecule has 5 nitrogen and oxygen atoms in total. The number of hydrogen-bond donors (Lipinski definition) is 2. The number of rotatable bonds is 4. The third-order valence-corrected chi connectivity index (χ3v) is 4.63. The van der Waals surface area contributed by atoms with Gasteiger partial charge in [-0.25, -0.2) is 9.37 Å². The first-order valence-corrected chi connectivity index (χ1v) is 8.49. The van der Waals surface area contributed by atoms with E-state index in [1.165, 1.54) is 12.1 Å². The maximum atomic E-state index is 13.2. The van der Waals surface area contributed by atoms with Gasteiger partial charge >= 0.3 is 0 Å². The van der Waals surface area contributed by atoms with E-state index in [0.717, 1.165) is 10.4 Å². The number of thiophene rings is 1. The van der Waals surface area contributed by atoms with Gasteiger partial charge in [-0.3, -0.25) is 9.78 Å². The summed E-state index contributed by atoms with van der Waals surface area (Å²) in [5.41, 5.74) is 2.57. The third kappa shape index (κ3) is 3.27. The standard InChI is InChI=1S/C18H13FN4OS/c19-12-4-6-13-15(8-12)23-17(22-13)10-21-18(24)14-5-3-11(9-20-14)16-2-1-7-25-16/h1-9H,10H2,(H,21,24)(H,22,23). The summed E-state index contributed by atoms with van der Waals surface area (Å²) >= 11 is 1.62. The molecule has 4 aromatic rings. The quantitative estimate of drug-likeness (QED) is 0.587. The lowest BCUT2D eigenvalue weighted by atomic mass is 10.2. The number of nitrogens with one attached hydrogen (secondary N) is 2. The number of benzene rings is 1. The van der Waals surface area contributed by atoms with Crippen LogP contribution in [0, 0.1) is 5.82 Å². The van der Waals surface area contributed by atoms with Crippen LogP contribution in [0.3, 0.4) is 0 Å². The molecule has 0 spiro atoms. The van der Waals surface area contributed by atoms with Crippen molar-refractivity contribution in [3.8, 4) is 10.4 Å². The molecule has 0 unspecified atom stereocenters. The van der Waals surface area contributed by atoms with Crippen molar-refractivity contribution < 1.29 is 9.18 Å². The molecule has 1 aromatic carbocycles. The van der Waals surface area contributed by atoms with Gasteiger partial charge in [0.05, 0.1) is 17.6 Å². The van der Waals surface area contributed by atoms with Crippen molar-refractivity contribution in [1.29, 1.82) is 0 Å². The topological polar surface area (TPSA) is 70.7 Å². The minimum atomic E-state index is -0.332. The first-order chi connectivity index (χ1) is 12.2. The average molecular weight is 352 g/mol. The smallest absolute Gasteiger partial charge is 0.270 e. The highest BCUT2D eigenvalue weighted by atomic mass is 32.1. The Kier molecular flexibility index (Phi) is 3.99. The molecule has 1 amide bonds. The second-order valence-corrected chi connectivity index (χ2v) is 6.38. The van der Waals surface area contributed by atoms with Gasteiger partial charge in [-0.2, -0.15) is 0 Å². The fourth-order valence-corrected chi connectivity index (χ4v) is 3.21. The van der Waals surface area contributed by atoms with Crippen molar-refractivity contribution in [2.24, 2.45) is 0 Å². The molecule has 0 saturated heterocycles. The minimum Gasteiger partial charge on any atom is -0.343 e. The summed E-state index contributed by atoms with van der Waals surface area (Å²) < 4.78 is 13.2. The number of aromatic nitrogens is 3. The van der Waals surface area contributed by atoms with Crippen LogP contribution in [0.1, 0.15) is 16.3 Å². The van der Waals surface area contributed by atoms with Crippen LogP contribution in [0.25, 0.3) is 21.5 Å². The SMILES string of the molecule is O=C(NCc1nc2ccc(F)cc2[nH]1)c1ccc(-c2cccs2)cn1. The van der Waals surface area contributed by atoms with Crippen LogP contribution in [0.5, 0.6) is 0 Å². The molecule has 0 fully saturated rings. The zero-order valence-electron chi connectivity index (χ0n) is 13.0. The molecule has 2 N–H and O–H groups in total. The summed E-state index contributed by atoms with van der Waals surface area (Å²) in [6.07, 6.45) is 1.69. The van der Waals surface area contributed by atoms with Gasteiger partial charge in [0, 0.05) is 16.6 Å². The largest absolute Gasteiger partial charge is 0.343 e. The molecule has 25 heavy (non-hydrogen) atoms. The van der Waals surface area contributed by atoms with E-state index >= 15 is 0 Å². The Balaban J connectivity index is 1.44. The van der Waals surface area contributed by atoms with Gasteiger partial charge in [-0.15, -0.1) is 11.3 Å². The van der Waals surface area contributed by atoms with E-state index in [1.807, 2.05) is 23.6 Å². The van der Waals surface area contributed by atoms with Gasteiger partial charge < -0.3 is 10.3 Å². The van der Waals surface area contributed by atoms with Crippen molar-refractivity contribution >= 4 is 28.3 Å². The first kappa shape index (κ1) is 15.5. The molecule has 0 aliphatic rings. The molecule has 3 heterocycles. The van der Waals surface area contributed by atoms with Gasteiger partial charge in [0.1, 0.15) is 17.3 Å². The van der Waals surface area contributed by atoms with Crippen molar-refractivity contribution in [3.63, 3.8) is 0 Å². The lowest BCUT2D eigenvalue weighted by Gasteiger charge is -2.03. The first-order valence-electron chi connectivity index (χ1n) is 7.61. The van der Waals surface area contributed by atoms with Gasteiger partial charge in [-0.05, 0) is 41.8 Å². The summed E-state index contributed by atoms with van der Waals surface area (Å²) in [6, 6.07) is 11.9. The lowest BCUT2D eigenvalue weighted by Crippen LogP contribution is -2.24. The number of fused-ring (bicyclic) bond motifs is 1. The monoisotopic (exact) mass is 352 g/mol. The molecule has 0 aliphatic heterocycles. The number of halogens is 1. The normalized spacial score (nSPS) is 10.9. The van der Waals surface area contributed by atoms with Crippen LogP contribution in [0.15, 0.2) is 54.0 Å². The fraction of sp³-hybridized carbons (Fsp3) is 0.0556. The van der Waals surface area contributed by atoms with Crippen LogP contribution in [-0.4, -0.2) is 20.9 Å². The van der Waals surface area contributed by atoms with Gasteiger partial charge in [-0.1, -0.05) is 6.07 Å². The Morgan fingerprint density at radius 1 is 1.24 bits per heavy atom. The summed E-state index contributed by atoms with van der Waals surface area (Å²) in [7, 11) is 0. The van der Waals surface area contributed by atoms with Crippen molar-refractivity contribution in [3.05, 3.63) is 71.4 Å². The van der Waals surface area contributed by atoms with Gasteiger partial charge in [0.25, 0.3) is 5.91 Å². The van der Waals surface area contributed by atoms with Crippen LogP contribution in [0.2, 0.25) is 0 Å². The molecule has 3 aromatic heterocycles. The number of H-pyrrole nitrogens is 1. The van der Waals surface area contributed by atoms with Crippen LogP contribution < -0.4 is 5.32 Å². The maximum Gasteiger partial charge on any atom is 0.270 e. The number of pyridine rings is 1. The van der Waals surface area contributed by atoms with Gasteiger partial charge in [0.15, 0.2) is 0 Å². The maximum absolute atomic E-state index is 13.2. The molecule has 0 saturated carbocycles. The highest BCUT2D eigenvalue weighted by Crippen LogP contribution is 2.23. The Hall–Kier alpha value is -3.06. The van der Waals surface area contributed by atoms with E-state index in [2.05, 4.69) is 20.3 Å². The zero-order chi connectivity index (χ0) is 17.2. The molecule has 0 radical (unpaired) electrons. The zero-order valence-corrected chi connectivity index (χ0v) is 13.8. The molecule has 4 rings (SSSR count). The minimum absolute atomic E-state index is 0.212. The average Bonchev–Trinajstić information content (AvgIpc) is 3.29. The number of nitrogens with zero attached hydrogens (tertiary/aromatic N) is 2. The lowest BCUT2D eigenvalue weighted by molar-refractivity contribution is 0.0945. The summed E-state index contributed by atoms with van der Waals surface area (Å²) in [4.78, 5) is 24.8. The van der Waals surface area contributed by atoms with Crippen LogP contribution in [0.4, 0.5) is 4.39 Å². The Labute approximate surface area is 146 Å². The molecule has 0 bridgehead atoms. The van der Waals surface area contributed by atoms with Crippen molar-refractivity contribution in [2.75, 3.05) is 0 Å².